The summed E-state index contributed by atoms with van der Waals surface area (Å²) in [5.41, 5.74) is 1.83. The van der Waals surface area contributed by atoms with Crippen molar-refractivity contribution in [1.29, 1.82) is 0 Å². The van der Waals surface area contributed by atoms with Gasteiger partial charge in [-0.05, 0) is 30.4 Å². The van der Waals surface area contributed by atoms with E-state index >= 15 is 0 Å². The molecule has 1 aromatic carbocycles. The molecular formula is C15H25ClN2O6S2. The molecule has 8 nitrogen and oxygen atoms in total. The first-order chi connectivity index (χ1) is 11.3. The lowest BCUT2D eigenvalue weighted by Crippen LogP contribution is -2.45. The van der Waals surface area contributed by atoms with Crippen LogP contribution in [0.15, 0.2) is 24.3 Å². The van der Waals surface area contributed by atoms with E-state index in [0.717, 1.165) is 12.0 Å². The normalized spacial score (nSPS) is 14.4. The molecule has 2 atom stereocenters. The summed E-state index contributed by atoms with van der Waals surface area (Å²) in [6, 6.07) is 7.40. The van der Waals surface area contributed by atoms with E-state index in [-0.39, 0.29) is 12.4 Å². The maximum absolute atomic E-state index is 12.1. The van der Waals surface area contributed by atoms with Crippen molar-refractivity contribution in [2.45, 2.75) is 37.7 Å². The van der Waals surface area contributed by atoms with E-state index in [2.05, 4.69) is 19.2 Å². The van der Waals surface area contributed by atoms with E-state index in [0.29, 0.717) is 11.5 Å². The Kier molecular flexibility index (Phi) is 9.21. The number of carbonyl (C=O) groups is 1. The van der Waals surface area contributed by atoms with Gasteiger partial charge in [-0.1, -0.05) is 38.1 Å². The fourth-order valence-corrected chi connectivity index (χ4v) is 4.26. The molecule has 1 rings (SSSR count). The maximum Gasteiger partial charge on any atom is 0.285 e. The Hall–Kier alpha value is -1.20. The highest BCUT2D eigenvalue weighted by Gasteiger charge is 2.34. The molecule has 0 spiro atoms. The number of nitrogens with one attached hydrogen (secondary N) is 1. The summed E-state index contributed by atoms with van der Waals surface area (Å²) in [4.78, 5) is 12.1. The van der Waals surface area contributed by atoms with Crippen molar-refractivity contribution < 1.29 is 26.2 Å². The average Bonchev–Trinajstić information content (AvgIpc) is 2.43. The van der Waals surface area contributed by atoms with E-state index < -0.39 is 43.1 Å². The number of primary sulfonamides is 1. The zero-order chi connectivity index (χ0) is 19.4. The molecule has 0 saturated carbocycles. The number of nitrogens with two attached hydrogens (primary N) is 1. The quantitative estimate of drug-likeness (QED) is 0.527. The lowest BCUT2D eigenvalue weighted by Gasteiger charge is -2.16. The molecule has 0 bridgehead atoms. The first-order valence-electron chi connectivity index (χ1n) is 7.66. The molecule has 0 aliphatic heterocycles. The minimum Gasteiger partial charge on any atom is -0.353 e. The third-order valence-electron chi connectivity index (χ3n) is 3.66. The Balaban J connectivity index is 0.00000625. The fraction of sp³-hybridized carbons (Fsp3) is 0.533. The summed E-state index contributed by atoms with van der Waals surface area (Å²) in [5.74, 6) is -0.702. The molecule has 0 aliphatic carbocycles. The van der Waals surface area contributed by atoms with Crippen LogP contribution in [0.2, 0.25) is 0 Å². The molecule has 1 aromatic rings. The molecule has 0 heterocycles. The van der Waals surface area contributed by atoms with Gasteiger partial charge < -0.3 is 5.32 Å². The molecule has 1 unspecified atom stereocenters. The Bertz CT molecular complexity index is 775. The van der Waals surface area contributed by atoms with Crippen molar-refractivity contribution in [3.8, 4) is 0 Å². The van der Waals surface area contributed by atoms with Crippen molar-refractivity contribution in [3.63, 3.8) is 0 Å². The van der Waals surface area contributed by atoms with Crippen LogP contribution in [0, 0.1) is 5.92 Å². The van der Waals surface area contributed by atoms with Crippen LogP contribution in [0.4, 0.5) is 0 Å². The second-order valence-corrected chi connectivity index (χ2v) is 9.98. The summed E-state index contributed by atoms with van der Waals surface area (Å²) in [6.07, 6.45) is 0.908. The lowest BCUT2D eigenvalue weighted by atomic mass is 9.96. The lowest BCUT2D eigenvalue weighted by molar-refractivity contribution is -0.122. The second kappa shape index (κ2) is 9.65. The summed E-state index contributed by atoms with van der Waals surface area (Å²) >= 11 is 0. The zero-order valence-electron chi connectivity index (χ0n) is 14.7. The van der Waals surface area contributed by atoms with Gasteiger partial charge in [-0.2, -0.15) is 8.42 Å². The van der Waals surface area contributed by atoms with Gasteiger partial charge in [-0.15, -0.1) is 12.4 Å². The van der Waals surface area contributed by atoms with Gasteiger partial charge in [0.2, 0.25) is 20.5 Å². The number of rotatable bonds is 8. The first-order valence-corrected chi connectivity index (χ1v) is 10.8. The van der Waals surface area contributed by atoms with Gasteiger partial charge >= 0.3 is 0 Å². The second-order valence-electron chi connectivity index (χ2n) is 6.34. The predicted octanol–water partition coefficient (Wildman–Crippen LogP) is 1.03. The van der Waals surface area contributed by atoms with Crippen LogP contribution in [0.3, 0.4) is 0 Å². The largest absolute Gasteiger partial charge is 0.353 e. The molecule has 11 heteroatoms. The number of amides is 1. The van der Waals surface area contributed by atoms with Gasteiger partial charge in [0, 0.05) is 0 Å². The molecule has 0 aliphatic rings. The highest BCUT2D eigenvalue weighted by molar-refractivity contribution is 8.05. The van der Waals surface area contributed by atoms with Crippen LogP contribution < -0.4 is 10.5 Å². The van der Waals surface area contributed by atoms with Crippen LogP contribution >= 0.6 is 12.4 Å². The minimum atomic E-state index is -4.95. The number of carbonyl (C=O) groups excluding carboxylic acids is 1. The fourth-order valence-electron chi connectivity index (χ4n) is 2.29. The third-order valence-corrected chi connectivity index (χ3v) is 6.92. The van der Waals surface area contributed by atoms with Crippen molar-refractivity contribution in [3.05, 3.63) is 35.4 Å². The van der Waals surface area contributed by atoms with E-state index in [4.69, 9.17) is 9.69 Å². The molecule has 150 valence electrons. The number of sulfonamides is 1. The SMILES string of the molecule is CC(C)Cc1ccc([C@@H](C)C(=O)NCC(S(N)(=O)=O)S(=O)(=O)O)cc1.Cl. The topological polar surface area (TPSA) is 144 Å². The molecule has 26 heavy (non-hydrogen) atoms. The number of hydrogen-bond acceptors (Lipinski definition) is 5. The highest BCUT2D eigenvalue weighted by atomic mass is 35.5. The average molecular weight is 429 g/mol. The number of benzene rings is 1. The van der Waals surface area contributed by atoms with Gasteiger partial charge in [0.05, 0.1) is 12.5 Å². The number of halogens is 1. The standard InChI is InChI=1S/C15H24N2O6S2.ClH/c1-10(2)8-12-4-6-13(7-5-12)11(3)15(18)17-9-14(24(16,19)20)25(21,22)23;/h4-7,10-11,14H,8-9H2,1-3H3,(H,17,18)(H2,16,19,20)(H,21,22,23);1H/t11-,14?;/m1./s1. The Morgan fingerprint density at radius 2 is 1.62 bits per heavy atom. The van der Waals surface area contributed by atoms with Crippen LogP contribution in [0.25, 0.3) is 0 Å². The van der Waals surface area contributed by atoms with Crippen LogP contribution in [-0.4, -0.2) is 38.4 Å². The molecule has 1 amide bonds. The molecule has 0 aromatic heterocycles. The minimum absolute atomic E-state index is 0. The molecule has 0 radical (unpaired) electrons. The Morgan fingerprint density at radius 3 is 2.00 bits per heavy atom. The monoisotopic (exact) mass is 428 g/mol. The number of hydrogen-bond donors (Lipinski definition) is 3. The van der Waals surface area contributed by atoms with E-state index in [1.165, 1.54) is 0 Å². The van der Waals surface area contributed by atoms with Gasteiger partial charge in [-0.3, -0.25) is 9.35 Å². The summed E-state index contributed by atoms with van der Waals surface area (Å²) < 4.78 is 51.3. The van der Waals surface area contributed by atoms with Gasteiger partial charge in [0.1, 0.15) is 0 Å². The summed E-state index contributed by atoms with van der Waals surface area (Å²) in [7, 11) is -9.53. The van der Waals surface area contributed by atoms with Gasteiger partial charge in [0.25, 0.3) is 10.1 Å². The molecule has 0 saturated heterocycles. The van der Waals surface area contributed by atoms with Crippen molar-refractivity contribution in [2.24, 2.45) is 11.1 Å². The van der Waals surface area contributed by atoms with Crippen LogP contribution in [0.5, 0.6) is 0 Å². The van der Waals surface area contributed by atoms with Crippen LogP contribution in [0.1, 0.15) is 37.8 Å². The van der Waals surface area contributed by atoms with Gasteiger partial charge in [-0.25, -0.2) is 13.6 Å². The van der Waals surface area contributed by atoms with E-state index in [1.54, 1.807) is 19.1 Å². The zero-order valence-corrected chi connectivity index (χ0v) is 17.2. The Morgan fingerprint density at radius 1 is 1.12 bits per heavy atom. The molecule has 0 fully saturated rings. The van der Waals surface area contributed by atoms with E-state index in [1.807, 2.05) is 12.1 Å². The first kappa shape index (κ1) is 24.8. The Labute approximate surface area is 160 Å². The summed E-state index contributed by atoms with van der Waals surface area (Å²) in [6.45, 7) is 4.97. The van der Waals surface area contributed by atoms with Gasteiger partial charge in [0.15, 0.2) is 0 Å². The van der Waals surface area contributed by atoms with Crippen molar-refractivity contribution in [1.82, 2.24) is 5.32 Å². The molecular weight excluding hydrogens is 404 g/mol. The summed E-state index contributed by atoms with van der Waals surface area (Å²) in [5, 5.41) is 6.98. The smallest absolute Gasteiger partial charge is 0.285 e. The van der Waals surface area contributed by atoms with Crippen LogP contribution in [-0.2, 0) is 31.4 Å². The maximum atomic E-state index is 12.1. The molecule has 4 N–H and O–H groups in total. The highest BCUT2D eigenvalue weighted by Crippen LogP contribution is 2.18. The van der Waals surface area contributed by atoms with E-state index in [9.17, 15) is 21.6 Å². The van der Waals surface area contributed by atoms with Crippen molar-refractivity contribution in [2.75, 3.05) is 6.54 Å². The van der Waals surface area contributed by atoms with Crippen molar-refractivity contribution >= 4 is 38.5 Å². The third kappa shape index (κ3) is 7.58. The predicted molar refractivity (Wildman–Crippen MR) is 102 cm³/mol.